The van der Waals surface area contributed by atoms with Crippen molar-refractivity contribution in [1.82, 2.24) is 5.32 Å². The van der Waals surface area contributed by atoms with Crippen molar-refractivity contribution in [3.8, 4) is 6.07 Å². The van der Waals surface area contributed by atoms with E-state index in [2.05, 4.69) is 11.4 Å². The van der Waals surface area contributed by atoms with Crippen LogP contribution in [0.15, 0.2) is 18.2 Å². The van der Waals surface area contributed by atoms with Gasteiger partial charge in [-0.2, -0.15) is 5.26 Å². The number of hydrogen-bond acceptors (Lipinski definition) is 4. The van der Waals surface area contributed by atoms with E-state index >= 15 is 0 Å². The third kappa shape index (κ3) is 4.60. The number of benzene rings is 1. The summed E-state index contributed by atoms with van der Waals surface area (Å²) in [4.78, 5) is 23.7. The summed E-state index contributed by atoms with van der Waals surface area (Å²) in [5, 5.41) is 12.5. The number of ether oxygens (including phenoxy) is 1. The molecule has 0 aromatic heterocycles. The molecule has 0 bridgehead atoms. The second kappa shape index (κ2) is 7.20. The highest BCUT2D eigenvalue weighted by atomic mass is 35.5. The van der Waals surface area contributed by atoms with E-state index in [9.17, 15) is 14.9 Å². The minimum atomic E-state index is -0.907. The van der Waals surface area contributed by atoms with Crippen LogP contribution in [0.2, 0.25) is 10.0 Å². The molecule has 0 heterocycles. The molecule has 0 saturated heterocycles. The van der Waals surface area contributed by atoms with E-state index in [1.807, 2.05) is 0 Å². The Morgan fingerprint density at radius 3 is 2.52 bits per heavy atom. The second-order valence-electron chi connectivity index (χ2n) is 5.67. The molecule has 1 aliphatic rings. The molecular weight excluding hydrogens is 339 g/mol. The third-order valence-corrected chi connectivity index (χ3v) is 4.48. The number of nitrogens with one attached hydrogen (secondary N) is 1. The topological polar surface area (TPSA) is 79.2 Å². The van der Waals surface area contributed by atoms with Crippen LogP contribution >= 0.6 is 23.2 Å². The maximum absolute atomic E-state index is 11.8. The van der Waals surface area contributed by atoms with Crippen LogP contribution in [0.5, 0.6) is 0 Å². The number of amides is 1. The Kier molecular flexibility index (Phi) is 5.51. The maximum atomic E-state index is 11.8. The summed E-state index contributed by atoms with van der Waals surface area (Å²) in [7, 11) is 0. The molecule has 1 aliphatic carbocycles. The van der Waals surface area contributed by atoms with Gasteiger partial charge in [0.2, 0.25) is 0 Å². The first-order chi connectivity index (χ1) is 10.9. The lowest BCUT2D eigenvalue weighted by Crippen LogP contribution is -2.48. The van der Waals surface area contributed by atoms with Gasteiger partial charge in [0.1, 0.15) is 5.54 Å². The molecule has 122 valence electrons. The van der Waals surface area contributed by atoms with Gasteiger partial charge >= 0.3 is 5.97 Å². The Labute approximate surface area is 144 Å². The fourth-order valence-electron chi connectivity index (χ4n) is 2.25. The van der Waals surface area contributed by atoms with Gasteiger partial charge in [0, 0.05) is 15.6 Å². The molecule has 0 spiro atoms. The summed E-state index contributed by atoms with van der Waals surface area (Å²) in [6, 6.07) is 7.02. The van der Waals surface area contributed by atoms with Gasteiger partial charge in [-0.15, -0.1) is 0 Å². The zero-order valence-electron chi connectivity index (χ0n) is 12.6. The van der Waals surface area contributed by atoms with Crippen molar-refractivity contribution in [2.75, 3.05) is 6.61 Å². The van der Waals surface area contributed by atoms with E-state index in [0.717, 1.165) is 12.8 Å². The molecule has 23 heavy (non-hydrogen) atoms. The molecule has 0 unspecified atom stereocenters. The summed E-state index contributed by atoms with van der Waals surface area (Å²) in [5.41, 5.74) is -0.448. The van der Waals surface area contributed by atoms with Gasteiger partial charge in [0.05, 0.1) is 12.5 Å². The highest BCUT2D eigenvalue weighted by molar-refractivity contribution is 6.36. The lowest BCUT2D eigenvalue weighted by Gasteiger charge is -2.22. The van der Waals surface area contributed by atoms with Gasteiger partial charge in [-0.3, -0.25) is 9.59 Å². The number of rotatable bonds is 6. The molecule has 1 amide bonds. The Balaban J connectivity index is 1.85. The van der Waals surface area contributed by atoms with Gasteiger partial charge in [0.15, 0.2) is 6.61 Å². The lowest BCUT2D eigenvalue weighted by molar-refractivity contribution is -0.148. The normalized spacial score (nSPS) is 16.1. The predicted molar refractivity (Wildman–Crippen MR) is 86.0 cm³/mol. The average Bonchev–Trinajstić information content (AvgIpc) is 3.34. The van der Waals surface area contributed by atoms with E-state index in [1.165, 1.54) is 0 Å². The number of halogens is 2. The highest BCUT2D eigenvalue weighted by Crippen LogP contribution is 2.39. The molecule has 5 nitrogen and oxygen atoms in total. The zero-order valence-corrected chi connectivity index (χ0v) is 14.1. The van der Waals surface area contributed by atoms with Gasteiger partial charge in [0.25, 0.3) is 5.91 Å². The summed E-state index contributed by atoms with van der Waals surface area (Å²) in [5.74, 6) is -0.950. The van der Waals surface area contributed by atoms with Crippen LogP contribution in [0, 0.1) is 17.2 Å². The van der Waals surface area contributed by atoms with Crippen LogP contribution in [-0.4, -0.2) is 24.0 Å². The first-order valence-electron chi connectivity index (χ1n) is 7.16. The van der Waals surface area contributed by atoms with Gasteiger partial charge in [-0.1, -0.05) is 29.3 Å². The average molecular weight is 355 g/mol. The summed E-state index contributed by atoms with van der Waals surface area (Å²) < 4.78 is 4.93. The molecule has 0 aliphatic heterocycles. The highest BCUT2D eigenvalue weighted by Gasteiger charge is 2.43. The van der Waals surface area contributed by atoms with Crippen molar-refractivity contribution in [3.05, 3.63) is 33.8 Å². The molecule has 1 aromatic carbocycles. The van der Waals surface area contributed by atoms with Crippen LogP contribution < -0.4 is 5.32 Å². The monoisotopic (exact) mass is 354 g/mol. The molecule has 1 fully saturated rings. The quantitative estimate of drug-likeness (QED) is 0.796. The second-order valence-corrected chi connectivity index (χ2v) is 6.49. The smallest absolute Gasteiger partial charge is 0.310 e. The van der Waals surface area contributed by atoms with Crippen molar-refractivity contribution < 1.29 is 14.3 Å². The first-order valence-corrected chi connectivity index (χ1v) is 7.92. The summed E-state index contributed by atoms with van der Waals surface area (Å²) in [6.45, 7) is 1.23. The molecular formula is C16H16Cl2N2O3. The first kappa shape index (κ1) is 17.6. The third-order valence-electron chi connectivity index (χ3n) is 3.77. The number of esters is 1. The number of nitrogens with zero attached hydrogens (tertiary/aromatic N) is 1. The molecule has 0 radical (unpaired) electrons. The Morgan fingerprint density at radius 2 is 2.00 bits per heavy atom. The van der Waals surface area contributed by atoms with Crippen molar-refractivity contribution in [2.45, 2.75) is 31.7 Å². The Morgan fingerprint density at radius 1 is 1.39 bits per heavy atom. The van der Waals surface area contributed by atoms with Crippen LogP contribution in [0.4, 0.5) is 0 Å². The van der Waals surface area contributed by atoms with Crippen molar-refractivity contribution in [1.29, 1.82) is 5.26 Å². The molecule has 1 N–H and O–H groups in total. The van der Waals surface area contributed by atoms with Crippen LogP contribution in [0.1, 0.15) is 25.3 Å². The SMILES string of the molecule is C[C@@](C#N)(NC(=O)COC(=O)Cc1c(Cl)cccc1Cl)C1CC1. The molecule has 2 rings (SSSR count). The van der Waals surface area contributed by atoms with Gasteiger partial charge < -0.3 is 10.1 Å². The van der Waals surface area contributed by atoms with Crippen molar-refractivity contribution in [2.24, 2.45) is 5.92 Å². The van der Waals surface area contributed by atoms with E-state index in [4.69, 9.17) is 27.9 Å². The van der Waals surface area contributed by atoms with Crippen molar-refractivity contribution in [3.63, 3.8) is 0 Å². The summed E-state index contributed by atoms with van der Waals surface area (Å²) in [6.07, 6.45) is 1.70. The number of hydrogen-bond donors (Lipinski definition) is 1. The zero-order chi connectivity index (χ0) is 17.0. The molecule has 1 saturated carbocycles. The van der Waals surface area contributed by atoms with Crippen LogP contribution in [0.3, 0.4) is 0 Å². The van der Waals surface area contributed by atoms with E-state index in [-0.39, 0.29) is 12.3 Å². The number of nitriles is 1. The Bertz CT molecular complexity index is 648. The van der Waals surface area contributed by atoms with E-state index in [1.54, 1.807) is 25.1 Å². The fourth-order valence-corrected chi connectivity index (χ4v) is 2.78. The number of carbonyl (C=O) groups is 2. The minimum Gasteiger partial charge on any atom is -0.455 e. The lowest BCUT2D eigenvalue weighted by atomic mass is 9.98. The number of carbonyl (C=O) groups excluding carboxylic acids is 2. The van der Waals surface area contributed by atoms with Crippen LogP contribution in [-0.2, 0) is 20.7 Å². The standard InChI is InChI=1S/C16H16Cl2N2O3/c1-16(9-19,10-5-6-10)20-14(21)8-23-15(22)7-11-12(17)3-2-4-13(11)18/h2-4,10H,5-8H2,1H3,(H,20,21)/t16-/m0/s1. The molecule has 1 atom stereocenters. The van der Waals surface area contributed by atoms with Gasteiger partial charge in [-0.25, -0.2) is 0 Å². The maximum Gasteiger partial charge on any atom is 0.310 e. The fraction of sp³-hybridized carbons (Fsp3) is 0.438. The van der Waals surface area contributed by atoms with E-state index < -0.39 is 24.0 Å². The van der Waals surface area contributed by atoms with Crippen molar-refractivity contribution >= 4 is 35.1 Å². The van der Waals surface area contributed by atoms with Gasteiger partial charge in [-0.05, 0) is 37.8 Å². The predicted octanol–water partition coefficient (Wildman–Crippen LogP) is 2.89. The van der Waals surface area contributed by atoms with Crippen LogP contribution in [0.25, 0.3) is 0 Å². The largest absolute Gasteiger partial charge is 0.455 e. The Hall–Kier alpha value is -1.77. The molecule has 7 heteroatoms. The van der Waals surface area contributed by atoms with E-state index in [0.29, 0.717) is 15.6 Å². The molecule has 1 aromatic rings. The summed E-state index contributed by atoms with van der Waals surface area (Å²) >= 11 is 12.0. The minimum absolute atomic E-state index is 0.121.